The zero-order chi connectivity index (χ0) is 24.2. The minimum absolute atomic E-state index is 0.0376. The molecule has 2 N–H and O–H groups in total. The molecule has 11 heteroatoms. The number of hydrogen-bond donors (Lipinski definition) is 2. The van der Waals surface area contributed by atoms with Gasteiger partial charge in [-0.2, -0.15) is 0 Å². The van der Waals surface area contributed by atoms with E-state index in [9.17, 15) is 17.6 Å². The molecule has 7 nitrogen and oxygen atoms in total. The van der Waals surface area contributed by atoms with E-state index in [4.69, 9.17) is 21.1 Å². The number of halogens is 3. The van der Waals surface area contributed by atoms with E-state index in [1.165, 1.54) is 31.4 Å². The molecule has 3 rings (SSSR count). The highest BCUT2D eigenvalue weighted by atomic mass is 79.9. The fourth-order valence-electron chi connectivity index (χ4n) is 2.88. The molecule has 3 aromatic carbocycles. The average Bonchev–Trinajstić information content (AvgIpc) is 2.75. The van der Waals surface area contributed by atoms with Gasteiger partial charge in [-0.1, -0.05) is 11.6 Å². The molecule has 0 aliphatic heterocycles. The van der Waals surface area contributed by atoms with E-state index in [2.05, 4.69) is 26.0 Å². The summed E-state index contributed by atoms with van der Waals surface area (Å²) >= 11 is 9.28. The largest absolute Gasteiger partial charge is 0.495 e. The Kier molecular flexibility index (Phi) is 7.83. The Morgan fingerprint density at radius 1 is 1.06 bits per heavy atom. The summed E-state index contributed by atoms with van der Waals surface area (Å²) in [6.07, 6.45) is 0. The first-order valence-corrected chi connectivity index (χ1v) is 12.2. The standard InChI is InChI=1S/C22H19BrClFN2O5S/c1-3-32-19-8-6-15(11-17(19)23)27-33(29,30)21-12-14(5-9-20(21)31-2)26-22(28)16-7-4-13(25)10-18(16)24/h4-12,27H,3H2,1-2H3,(H,26,28). The zero-order valence-electron chi connectivity index (χ0n) is 17.5. The lowest BCUT2D eigenvalue weighted by Crippen LogP contribution is -2.16. The molecule has 0 saturated heterocycles. The summed E-state index contributed by atoms with van der Waals surface area (Å²) in [4.78, 5) is 12.3. The van der Waals surface area contributed by atoms with Gasteiger partial charge in [-0.15, -0.1) is 0 Å². The second kappa shape index (κ2) is 10.4. The Morgan fingerprint density at radius 3 is 2.39 bits per heavy atom. The summed E-state index contributed by atoms with van der Waals surface area (Å²) in [5.74, 6) is -0.564. The lowest BCUT2D eigenvalue weighted by atomic mass is 10.2. The van der Waals surface area contributed by atoms with Crippen LogP contribution in [0.3, 0.4) is 0 Å². The first-order valence-electron chi connectivity index (χ1n) is 9.54. The second-order valence-electron chi connectivity index (χ2n) is 6.63. The van der Waals surface area contributed by atoms with Gasteiger partial charge in [-0.3, -0.25) is 9.52 Å². The average molecular weight is 558 g/mol. The van der Waals surface area contributed by atoms with Gasteiger partial charge in [0.15, 0.2) is 0 Å². The highest BCUT2D eigenvalue weighted by molar-refractivity contribution is 9.10. The van der Waals surface area contributed by atoms with Gasteiger partial charge in [0, 0.05) is 5.69 Å². The molecule has 33 heavy (non-hydrogen) atoms. The molecule has 0 aliphatic carbocycles. The van der Waals surface area contributed by atoms with E-state index < -0.39 is 21.7 Å². The van der Waals surface area contributed by atoms with E-state index in [1.807, 2.05) is 6.92 Å². The van der Waals surface area contributed by atoms with Gasteiger partial charge in [0.2, 0.25) is 0 Å². The van der Waals surface area contributed by atoms with Gasteiger partial charge < -0.3 is 14.8 Å². The van der Waals surface area contributed by atoms with Crippen LogP contribution in [-0.4, -0.2) is 28.0 Å². The molecule has 174 valence electrons. The van der Waals surface area contributed by atoms with Gasteiger partial charge in [0.05, 0.1) is 34.5 Å². The van der Waals surface area contributed by atoms with Crippen LogP contribution in [0.4, 0.5) is 15.8 Å². The summed E-state index contributed by atoms with van der Waals surface area (Å²) < 4.78 is 53.1. The summed E-state index contributed by atoms with van der Waals surface area (Å²) in [5, 5.41) is 2.49. The fourth-order valence-corrected chi connectivity index (χ4v) is 4.88. The van der Waals surface area contributed by atoms with Gasteiger partial charge >= 0.3 is 0 Å². The SMILES string of the molecule is CCOc1ccc(NS(=O)(=O)c2cc(NC(=O)c3ccc(F)cc3Cl)ccc2OC)cc1Br. The first kappa shape index (κ1) is 24.8. The van der Waals surface area contributed by atoms with Crippen molar-refractivity contribution in [3.05, 3.63) is 75.5 Å². The molecule has 0 saturated carbocycles. The molecule has 0 fully saturated rings. The number of benzene rings is 3. The van der Waals surface area contributed by atoms with Gasteiger partial charge in [0.1, 0.15) is 22.2 Å². The van der Waals surface area contributed by atoms with Crippen molar-refractivity contribution in [2.75, 3.05) is 23.8 Å². The zero-order valence-corrected chi connectivity index (χ0v) is 20.6. The molecule has 0 radical (unpaired) electrons. The predicted molar refractivity (Wildman–Crippen MR) is 128 cm³/mol. The molecule has 3 aromatic rings. The Labute approximate surface area is 204 Å². The molecule has 1 amide bonds. The van der Waals surface area contributed by atoms with Crippen molar-refractivity contribution in [1.29, 1.82) is 0 Å². The topological polar surface area (TPSA) is 93.7 Å². The van der Waals surface area contributed by atoms with Crippen LogP contribution in [0.1, 0.15) is 17.3 Å². The summed E-state index contributed by atoms with van der Waals surface area (Å²) in [6, 6.07) is 12.2. The number of ether oxygens (including phenoxy) is 2. The predicted octanol–water partition coefficient (Wildman–Crippen LogP) is 5.70. The summed E-state index contributed by atoms with van der Waals surface area (Å²) in [6.45, 7) is 2.30. The van der Waals surface area contributed by atoms with Crippen LogP contribution >= 0.6 is 27.5 Å². The van der Waals surface area contributed by atoms with Crippen molar-refractivity contribution in [2.45, 2.75) is 11.8 Å². The molecule has 0 unspecified atom stereocenters. The number of amides is 1. The monoisotopic (exact) mass is 556 g/mol. The Bertz CT molecular complexity index is 1300. The van der Waals surface area contributed by atoms with Crippen molar-refractivity contribution < 1.29 is 27.1 Å². The maximum Gasteiger partial charge on any atom is 0.265 e. The van der Waals surface area contributed by atoms with Crippen LogP contribution in [0.2, 0.25) is 5.02 Å². The van der Waals surface area contributed by atoms with Gasteiger partial charge in [-0.05, 0) is 77.5 Å². The molecular weight excluding hydrogens is 539 g/mol. The molecule has 0 aliphatic rings. The number of carbonyl (C=O) groups is 1. The number of hydrogen-bond acceptors (Lipinski definition) is 5. The Morgan fingerprint density at radius 2 is 1.76 bits per heavy atom. The van der Waals surface area contributed by atoms with E-state index >= 15 is 0 Å². The number of rotatable bonds is 8. The van der Waals surface area contributed by atoms with E-state index in [-0.39, 0.29) is 26.9 Å². The fraction of sp³-hybridized carbons (Fsp3) is 0.136. The third-order valence-electron chi connectivity index (χ3n) is 4.37. The highest BCUT2D eigenvalue weighted by Gasteiger charge is 2.22. The number of anilines is 2. The van der Waals surface area contributed by atoms with Gasteiger partial charge in [-0.25, -0.2) is 12.8 Å². The smallest absolute Gasteiger partial charge is 0.265 e. The molecule has 0 atom stereocenters. The van der Waals surface area contributed by atoms with Crippen LogP contribution in [-0.2, 0) is 10.0 Å². The van der Waals surface area contributed by atoms with Crippen LogP contribution in [0.15, 0.2) is 64.0 Å². The van der Waals surface area contributed by atoms with Crippen molar-refractivity contribution in [1.82, 2.24) is 0 Å². The van der Waals surface area contributed by atoms with Gasteiger partial charge in [0.25, 0.3) is 15.9 Å². The number of methoxy groups -OCH3 is 1. The molecule has 0 aromatic heterocycles. The minimum Gasteiger partial charge on any atom is -0.495 e. The quantitative estimate of drug-likeness (QED) is 0.370. The number of nitrogens with one attached hydrogen (secondary N) is 2. The van der Waals surface area contributed by atoms with Crippen LogP contribution in [0.5, 0.6) is 11.5 Å². The first-order chi connectivity index (χ1) is 15.6. The second-order valence-corrected chi connectivity index (χ2v) is 9.54. The van der Waals surface area contributed by atoms with E-state index in [1.54, 1.807) is 18.2 Å². The maximum absolute atomic E-state index is 13.3. The lowest BCUT2D eigenvalue weighted by molar-refractivity contribution is 0.102. The Hall–Kier alpha value is -2.82. The summed E-state index contributed by atoms with van der Waals surface area (Å²) in [7, 11) is -2.77. The summed E-state index contributed by atoms with van der Waals surface area (Å²) in [5.41, 5.74) is 0.505. The highest BCUT2D eigenvalue weighted by Crippen LogP contribution is 2.32. The molecule has 0 bridgehead atoms. The third-order valence-corrected chi connectivity index (χ3v) is 6.71. The minimum atomic E-state index is -4.10. The molecule has 0 spiro atoms. The lowest BCUT2D eigenvalue weighted by Gasteiger charge is -2.15. The van der Waals surface area contributed by atoms with Crippen molar-refractivity contribution in [2.24, 2.45) is 0 Å². The van der Waals surface area contributed by atoms with E-state index in [0.29, 0.717) is 22.5 Å². The van der Waals surface area contributed by atoms with Crippen LogP contribution in [0.25, 0.3) is 0 Å². The maximum atomic E-state index is 13.3. The van der Waals surface area contributed by atoms with Crippen LogP contribution in [0, 0.1) is 5.82 Å². The normalized spacial score (nSPS) is 11.1. The number of sulfonamides is 1. The number of carbonyl (C=O) groups excluding carboxylic acids is 1. The Balaban J connectivity index is 1.89. The molecular formula is C22H19BrClFN2O5S. The third kappa shape index (κ3) is 5.95. The molecule has 0 heterocycles. The van der Waals surface area contributed by atoms with Crippen molar-refractivity contribution in [3.63, 3.8) is 0 Å². The van der Waals surface area contributed by atoms with Crippen LogP contribution < -0.4 is 19.5 Å². The van der Waals surface area contributed by atoms with Crippen molar-refractivity contribution in [3.8, 4) is 11.5 Å². The van der Waals surface area contributed by atoms with E-state index in [0.717, 1.165) is 12.1 Å². The van der Waals surface area contributed by atoms with Crippen molar-refractivity contribution >= 4 is 54.8 Å².